The molecule has 0 spiro atoms. The number of hydrogen-bond acceptors (Lipinski definition) is 2. The predicted octanol–water partition coefficient (Wildman–Crippen LogP) is 1.66. The molecule has 0 bridgehead atoms. The van der Waals surface area contributed by atoms with Crippen LogP contribution in [0, 0.1) is 5.82 Å². The molecule has 1 heterocycles. The van der Waals surface area contributed by atoms with Crippen LogP contribution in [0.4, 0.5) is 14.9 Å². The average molecular weight is 222 g/mol. The number of anilines is 1. The molecule has 5 heteroatoms. The molecule has 1 saturated heterocycles. The number of carbonyl (C=O) groups excluding carboxylic acids is 2. The van der Waals surface area contributed by atoms with Crippen molar-refractivity contribution in [1.82, 2.24) is 5.32 Å². The van der Waals surface area contributed by atoms with Crippen LogP contribution in [0.15, 0.2) is 24.3 Å². The van der Waals surface area contributed by atoms with Gasteiger partial charge in [0.2, 0.25) is 5.91 Å². The van der Waals surface area contributed by atoms with Crippen LogP contribution in [0.3, 0.4) is 0 Å². The summed E-state index contributed by atoms with van der Waals surface area (Å²) in [5.74, 6) is -0.793. The van der Waals surface area contributed by atoms with Crippen molar-refractivity contribution in [2.45, 2.75) is 19.4 Å². The number of imide groups is 1. The lowest BCUT2D eigenvalue weighted by Crippen LogP contribution is -2.54. The first-order chi connectivity index (χ1) is 7.58. The average Bonchev–Trinajstić information content (AvgIpc) is 2.15. The van der Waals surface area contributed by atoms with Gasteiger partial charge in [0.05, 0.1) is 5.69 Å². The largest absolute Gasteiger partial charge is 0.334 e. The maximum atomic E-state index is 13.0. The van der Waals surface area contributed by atoms with Crippen molar-refractivity contribution in [2.75, 3.05) is 4.90 Å². The fraction of sp³-hybridized carbons (Fsp3) is 0.273. The number of nitrogens with one attached hydrogen (secondary N) is 1. The van der Waals surface area contributed by atoms with Gasteiger partial charge in [-0.05, 0) is 25.1 Å². The molecule has 0 radical (unpaired) electrons. The molecule has 0 aromatic heterocycles. The van der Waals surface area contributed by atoms with E-state index >= 15 is 0 Å². The second kappa shape index (κ2) is 3.92. The van der Waals surface area contributed by atoms with Gasteiger partial charge in [0.15, 0.2) is 0 Å². The summed E-state index contributed by atoms with van der Waals surface area (Å²) >= 11 is 0. The Labute approximate surface area is 92.0 Å². The normalized spacial score (nSPS) is 20.9. The zero-order valence-electron chi connectivity index (χ0n) is 8.74. The monoisotopic (exact) mass is 222 g/mol. The number of benzene rings is 1. The third-order valence-corrected chi connectivity index (χ3v) is 2.37. The van der Waals surface area contributed by atoms with E-state index in [0.717, 1.165) is 11.0 Å². The summed E-state index contributed by atoms with van der Waals surface area (Å²) in [7, 11) is 0. The maximum absolute atomic E-state index is 13.0. The topological polar surface area (TPSA) is 49.4 Å². The number of halogens is 1. The van der Waals surface area contributed by atoms with Crippen LogP contribution in [0.5, 0.6) is 0 Å². The van der Waals surface area contributed by atoms with Gasteiger partial charge in [-0.2, -0.15) is 0 Å². The van der Waals surface area contributed by atoms with Crippen LogP contribution in [-0.4, -0.2) is 18.0 Å². The Morgan fingerprint density at radius 2 is 2.19 bits per heavy atom. The van der Waals surface area contributed by atoms with Gasteiger partial charge in [-0.15, -0.1) is 0 Å². The molecule has 4 nitrogen and oxygen atoms in total. The van der Waals surface area contributed by atoms with Crippen molar-refractivity contribution in [3.63, 3.8) is 0 Å². The SMILES string of the molecule is CC1CC(=O)N(c2cccc(F)c2)C(=O)N1. The Balaban J connectivity index is 2.33. The lowest BCUT2D eigenvalue weighted by molar-refractivity contribution is -0.118. The molecule has 3 amide bonds. The zero-order valence-corrected chi connectivity index (χ0v) is 8.74. The molecule has 16 heavy (non-hydrogen) atoms. The standard InChI is InChI=1S/C11H11FN2O2/c1-7-5-10(15)14(11(16)13-7)9-4-2-3-8(12)6-9/h2-4,6-7H,5H2,1H3,(H,13,16). The van der Waals surface area contributed by atoms with Crippen LogP contribution in [0.25, 0.3) is 0 Å². The third-order valence-electron chi connectivity index (χ3n) is 2.37. The molecular formula is C11H11FN2O2. The number of urea groups is 1. The number of nitrogens with zero attached hydrogens (tertiary/aromatic N) is 1. The summed E-state index contributed by atoms with van der Waals surface area (Å²) in [6.45, 7) is 1.75. The summed E-state index contributed by atoms with van der Waals surface area (Å²) in [5, 5.41) is 2.62. The minimum atomic E-state index is -0.505. The molecule has 1 aliphatic heterocycles. The van der Waals surface area contributed by atoms with Crippen LogP contribution in [-0.2, 0) is 4.79 Å². The minimum absolute atomic E-state index is 0.176. The maximum Gasteiger partial charge on any atom is 0.328 e. The van der Waals surface area contributed by atoms with E-state index in [1.807, 2.05) is 0 Å². The molecule has 1 atom stereocenters. The molecule has 1 aromatic rings. The molecule has 0 aliphatic carbocycles. The Morgan fingerprint density at radius 3 is 2.81 bits per heavy atom. The molecule has 0 saturated carbocycles. The fourth-order valence-electron chi connectivity index (χ4n) is 1.67. The highest BCUT2D eigenvalue weighted by molar-refractivity contribution is 6.16. The molecule has 1 N–H and O–H groups in total. The highest BCUT2D eigenvalue weighted by atomic mass is 19.1. The number of rotatable bonds is 1. The molecule has 1 unspecified atom stereocenters. The first kappa shape index (κ1) is 10.6. The lowest BCUT2D eigenvalue weighted by atomic mass is 10.1. The predicted molar refractivity (Wildman–Crippen MR) is 56.5 cm³/mol. The van der Waals surface area contributed by atoms with E-state index in [1.165, 1.54) is 18.2 Å². The molecule has 1 aliphatic rings. The number of amides is 3. The van der Waals surface area contributed by atoms with Gasteiger partial charge in [0, 0.05) is 12.5 Å². The zero-order chi connectivity index (χ0) is 11.7. The van der Waals surface area contributed by atoms with Gasteiger partial charge in [0.25, 0.3) is 0 Å². The minimum Gasteiger partial charge on any atom is -0.334 e. The Kier molecular flexibility index (Phi) is 2.60. The lowest BCUT2D eigenvalue weighted by Gasteiger charge is -2.29. The van der Waals surface area contributed by atoms with Crippen molar-refractivity contribution in [1.29, 1.82) is 0 Å². The van der Waals surface area contributed by atoms with E-state index in [4.69, 9.17) is 0 Å². The van der Waals surface area contributed by atoms with Crippen LogP contribution in [0.2, 0.25) is 0 Å². The van der Waals surface area contributed by atoms with Crippen molar-refractivity contribution in [3.8, 4) is 0 Å². The van der Waals surface area contributed by atoms with E-state index in [-0.39, 0.29) is 24.1 Å². The summed E-state index contributed by atoms with van der Waals surface area (Å²) in [5.41, 5.74) is 0.259. The van der Waals surface area contributed by atoms with Gasteiger partial charge in [0.1, 0.15) is 5.82 Å². The molecule has 2 rings (SSSR count). The van der Waals surface area contributed by atoms with Crippen molar-refractivity contribution >= 4 is 17.6 Å². The number of hydrogen-bond donors (Lipinski definition) is 1. The summed E-state index contributed by atoms with van der Waals surface area (Å²) in [4.78, 5) is 24.2. The smallest absolute Gasteiger partial charge is 0.328 e. The molecular weight excluding hydrogens is 211 g/mol. The van der Waals surface area contributed by atoms with Crippen LogP contribution in [0.1, 0.15) is 13.3 Å². The second-order valence-corrected chi connectivity index (χ2v) is 3.76. The van der Waals surface area contributed by atoms with E-state index in [1.54, 1.807) is 6.92 Å². The summed E-state index contributed by atoms with van der Waals surface area (Å²) in [6.07, 6.45) is 0.224. The summed E-state index contributed by atoms with van der Waals surface area (Å²) < 4.78 is 13.0. The van der Waals surface area contributed by atoms with E-state index in [0.29, 0.717) is 0 Å². The first-order valence-corrected chi connectivity index (χ1v) is 4.97. The molecule has 1 fully saturated rings. The van der Waals surface area contributed by atoms with Crippen molar-refractivity contribution in [3.05, 3.63) is 30.1 Å². The third kappa shape index (κ3) is 1.88. The summed E-state index contributed by atoms with van der Waals surface area (Å²) in [6, 6.07) is 4.73. The Bertz CT molecular complexity index is 429. The van der Waals surface area contributed by atoms with Gasteiger partial charge in [-0.3, -0.25) is 4.79 Å². The van der Waals surface area contributed by atoms with Gasteiger partial charge in [-0.1, -0.05) is 6.07 Å². The Hall–Kier alpha value is -1.91. The van der Waals surface area contributed by atoms with Crippen molar-refractivity contribution in [2.24, 2.45) is 0 Å². The quantitative estimate of drug-likeness (QED) is 0.785. The van der Waals surface area contributed by atoms with Gasteiger partial charge >= 0.3 is 6.03 Å². The molecule has 84 valence electrons. The van der Waals surface area contributed by atoms with Crippen molar-refractivity contribution < 1.29 is 14.0 Å². The van der Waals surface area contributed by atoms with Crippen LogP contribution < -0.4 is 10.2 Å². The second-order valence-electron chi connectivity index (χ2n) is 3.76. The number of carbonyl (C=O) groups is 2. The van der Waals surface area contributed by atoms with E-state index < -0.39 is 11.8 Å². The van der Waals surface area contributed by atoms with E-state index in [9.17, 15) is 14.0 Å². The first-order valence-electron chi connectivity index (χ1n) is 4.97. The van der Waals surface area contributed by atoms with E-state index in [2.05, 4.69) is 5.32 Å². The fourth-order valence-corrected chi connectivity index (χ4v) is 1.67. The Morgan fingerprint density at radius 1 is 1.44 bits per heavy atom. The van der Waals surface area contributed by atoms with Crippen LogP contribution >= 0.6 is 0 Å². The van der Waals surface area contributed by atoms with Gasteiger partial charge in [-0.25, -0.2) is 14.1 Å². The van der Waals surface area contributed by atoms with Gasteiger partial charge < -0.3 is 5.32 Å². The molecule has 1 aromatic carbocycles. The highest BCUT2D eigenvalue weighted by Crippen LogP contribution is 2.19. The highest BCUT2D eigenvalue weighted by Gasteiger charge is 2.30.